The molecule has 1 heterocycles. The van der Waals surface area contributed by atoms with Gasteiger partial charge in [0.05, 0.1) is 37.1 Å². The second-order valence-electron chi connectivity index (χ2n) is 11.9. The summed E-state index contributed by atoms with van der Waals surface area (Å²) in [5, 5.41) is 37.6. The van der Waals surface area contributed by atoms with Gasteiger partial charge in [-0.3, -0.25) is 4.90 Å². The van der Waals surface area contributed by atoms with Crippen LogP contribution >= 0.6 is 0 Å². The van der Waals surface area contributed by atoms with Gasteiger partial charge in [0.15, 0.2) is 0 Å². The standard InChI is InChI=1S/C25H41NO7/c1-6-26-11-22(12-30-2)8-7-16(27)24-14-9-13-15(31-3)10-23(28,17(14)18(13)32-4)25(29,21(24)26)20(33-5)19(22)24/h13-21,27-29H,6-12H2,1-5H3/t13?,14?,15-,16-,17?,18-,19?,20-,21-,22-,23+,24-,25-/m0/s1. The molecule has 1 saturated heterocycles. The number of rotatable bonds is 6. The number of nitrogens with zero attached hydrogens (tertiary/aromatic N) is 1. The zero-order valence-corrected chi connectivity index (χ0v) is 20.6. The van der Waals surface area contributed by atoms with Crippen molar-refractivity contribution < 1.29 is 34.3 Å². The minimum absolute atomic E-state index is 0.00825. The monoisotopic (exact) mass is 467 g/mol. The first-order valence-electron chi connectivity index (χ1n) is 12.7. The normalized spacial score (nSPS) is 60.9. The van der Waals surface area contributed by atoms with Crippen LogP contribution in [-0.2, 0) is 18.9 Å². The average molecular weight is 468 g/mol. The van der Waals surface area contributed by atoms with E-state index < -0.39 is 28.8 Å². The molecule has 0 aromatic rings. The van der Waals surface area contributed by atoms with Crippen molar-refractivity contribution in [3.05, 3.63) is 0 Å². The van der Waals surface area contributed by atoms with Crippen molar-refractivity contribution in [1.29, 1.82) is 0 Å². The molecule has 5 saturated carbocycles. The van der Waals surface area contributed by atoms with E-state index in [2.05, 4.69) is 11.8 Å². The molecule has 8 heteroatoms. The lowest BCUT2D eigenvalue weighted by atomic mass is 9.42. The molecule has 8 nitrogen and oxygen atoms in total. The highest BCUT2D eigenvalue weighted by Crippen LogP contribution is 2.80. The predicted octanol–water partition coefficient (Wildman–Crippen LogP) is 0.271. The molecule has 6 rings (SSSR count). The molecule has 0 aromatic heterocycles. The van der Waals surface area contributed by atoms with E-state index in [1.54, 1.807) is 28.4 Å². The first kappa shape index (κ1) is 23.1. The summed E-state index contributed by atoms with van der Waals surface area (Å²) < 4.78 is 24.0. The Labute approximate surface area is 196 Å². The zero-order valence-electron chi connectivity index (χ0n) is 20.6. The summed E-state index contributed by atoms with van der Waals surface area (Å²) in [6.07, 6.45) is 1.06. The molecule has 4 unspecified atom stereocenters. The van der Waals surface area contributed by atoms with Gasteiger partial charge in [-0.25, -0.2) is 0 Å². The first-order valence-corrected chi connectivity index (χ1v) is 12.7. The summed E-state index contributed by atoms with van der Waals surface area (Å²) in [7, 11) is 6.79. The number of ether oxygens (including phenoxy) is 4. The quantitative estimate of drug-likeness (QED) is 0.512. The summed E-state index contributed by atoms with van der Waals surface area (Å²) in [5.41, 5.74) is -3.82. The Hall–Kier alpha value is -0.320. The van der Waals surface area contributed by atoms with E-state index in [1.807, 2.05) is 0 Å². The maximum Gasteiger partial charge on any atom is 0.136 e. The molecule has 188 valence electrons. The summed E-state index contributed by atoms with van der Waals surface area (Å²) in [5.74, 6) is -0.231. The van der Waals surface area contributed by atoms with Crippen LogP contribution < -0.4 is 0 Å². The van der Waals surface area contributed by atoms with Crippen molar-refractivity contribution in [2.45, 2.75) is 74.3 Å². The molecule has 1 aliphatic heterocycles. The zero-order chi connectivity index (χ0) is 23.6. The Morgan fingerprint density at radius 1 is 1.06 bits per heavy atom. The van der Waals surface area contributed by atoms with Crippen molar-refractivity contribution in [2.75, 3.05) is 48.1 Å². The van der Waals surface area contributed by atoms with Crippen LogP contribution in [0.15, 0.2) is 0 Å². The predicted molar refractivity (Wildman–Crippen MR) is 119 cm³/mol. The third kappa shape index (κ3) is 2.20. The van der Waals surface area contributed by atoms with Crippen molar-refractivity contribution >= 4 is 0 Å². The lowest BCUT2D eigenvalue weighted by Gasteiger charge is -2.69. The van der Waals surface area contributed by atoms with Gasteiger partial charge in [-0.05, 0) is 31.7 Å². The number of aliphatic hydroxyl groups is 3. The number of piperidine rings is 1. The molecule has 0 radical (unpaired) electrons. The molecule has 1 spiro atoms. The van der Waals surface area contributed by atoms with Crippen LogP contribution in [0.1, 0.15) is 32.6 Å². The fraction of sp³-hybridized carbons (Fsp3) is 1.00. The van der Waals surface area contributed by atoms with E-state index in [1.165, 1.54) is 0 Å². The van der Waals surface area contributed by atoms with Crippen LogP contribution in [0.4, 0.5) is 0 Å². The largest absolute Gasteiger partial charge is 0.392 e. The molecule has 3 N–H and O–H groups in total. The lowest BCUT2D eigenvalue weighted by Crippen LogP contribution is -2.82. The summed E-state index contributed by atoms with van der Waals surface area (Å²) in [6.45, 7) is 4.18. The Bertz CT molecular complexity index is 814. The summed E-state index contributed by atoms with van der Waals surface area (Å²) in [4.78, 5) is 2.33. The second kappa shape index (κ2) is 7.13. The molecular weight excluding hydrogens is 426 g/mol. The minimum atomic E-state index is -1.55. The first-order chi connectivity index (χ1) is 15.8. The molecule has 13 atom stereocenters. The van der Waals surface area contributed by atoms with Crippen LogP contribution in [0.2, 0.25) is 0 Å². The topological polar surface area (TPSA) is 101 Å². The van der Waals surface area contributed by atoms with E-state index in [0.29, 0.717) is 19.4 Å². The second-order valence-corrected chi connectivity index (χ2v) is 11.9. The van der Waals surface area contributed by atoms with Crippen LogP contribution in [0.3, 0.4) is 0 Å². The van der Waals surface area contributed by atoms with Crippen molar-refractivity contribution in [3.63, 3.8) is 0 Å². The Balaban J connectivity index is 1.67. The van der Waals surface area contributed by atoms with E-state index in [9.17, 15) is 15.3 Å². The molecule has 0 amide bonds. The van der Waals surface area contributed by atoms with Gasteiger partial charge >= 0.3 is 0 Å². The van der Waals surface area contributed by atoms with Crippen molar-refractivity contribution in [1.82, 2.24) is 4.90 Å². The summed E-state index contributed by atoms with van der Waals surface area (Å²) >= 11 is 0. The SMILES string of the molecule is CCN1C[C@]2(COC)CC[C@H](O)[C@@]34C5CC6[C@H](OC)C5[C@](O)(C[C@@H]6OC)[C@](O)([C@@H](OC)C23)[C@@H]14. The molecule has 33 heavy (non-hydrogen) atoms. The van der Waals surface area contributed by atoms with E-state index in [-0.39, 0.29) is 47.3 Å². The number of hydrogen-bond acceptors (Lipinski definition) is 8. The number of likely N-dealkylation sites (tertiary alicyclic amines) is 1. The van der Waals surface area contributed by atoms with Gasteiger partial charge < -0.3 is 34.3 Å². The lowest BCUT2D eigenvalue weighted by molar-refractivity contribution is -0.318. The fourth-order valence-corrected chi connectivity index (χ4v) is 11.0. The smallest absolute Gasteiger partial charge is 0.136 e. The maximum atomic E-state index is 12.9. The van der Waals surface area contributed by atoms with Gasteiger partial charge in [0.1, 0.15) is 11.2 Å². The van der Waals surface area contributed by atoms with Gasteiger partial charge in [0, 0.05) is 70.0 Å². The van der Waals surface area contributed by atoms with Gasteiger partial charge in [0.2, 0.25) is 0 Å². The molecule has 0 aromatic carbocycles. The van der Waals surface area contributed by atoms with Gasteiger partial charge in [0.25, 0.3) is 0 Å². The van der Waals surface area contributed by atoms with Crippen molar-refractivity contribution in [2.24, 2.45) is 34.5 Å². The molecule has 7 bridgehead atoms. The molecule has 6 aliphatic rings. The number of likely N-dealkylation sites (N-methyl/N-ethyl adjacent to an activating group) is 1. The average Bonchev–Trinajstić information content (AvgIpc) is 3.22. The third-order valence-electron chi connectivity index (χ3n) is 11.5. The van der Waals surface area contributed by atoms with E-state index in [4.69, 9.17) is 18.9 Å². The molecule has 6 fully saturated rings. The number of hydrogen-bond donors (Lipinski definition) is 3. The van der Waals surface area contributed by atoms with Crippen LogP contribution in [0.5, 0.6) is 0 Å². The van der Waals surface area contributed by atoms with Gasteiger partial charge in [-0.1, -0.05) is 6.92 Å². The van der Waals surface area contributed by atoms with Crippen LogP contribution in [0, 0.1) is 34.5 Å². The third-order valence-corrected chi connectivity index (χ3v) is 11.5. The van der Waals surface area contributed by atoms with Crippen molar-refractivity contribution in [3.8, 4) is 0 Å². The molecule has 5 aliphatic carbocycles. The highest BCUT2D eigenvalue weighted by Gasteiger charge is 2.91. The van der Waals surface area contributed by atoms with E-state index in [0.717, 1.165) is 25.9 Å². The Morgan fingerprint density at radius 2 is 1.82 bits per heavy atom. The number of fused-ring (bicyclic) bond motifs is 2. The Morgan fingerprint density at radius 3 is 2.42 bits per heavy atom. The van der Waals surface area contributed by atoms with Gasteiger partial charge in [-0.2, -0.15) is 0 Å². The Kier molecular flexibility index (Phi) is 4.99. The fourth-order valence-electron chi connectivity index (χ4n) is 11.0. The number of methoxy groups -OCH3 is 4. The maximum absolute atomic E-state index is 12.9. The van der Waals surface area contributed by atoms with Crippen LogP contribution in [0.25, 0.3) is 0 Å². The van der Waals surface area contributed by atoms with Gasteiger partial charge in [-0.15, -0.1) is 0 Å². The molecular formula is C25H41NO7. The van der Waals surface area contributed by atoms with E-state index >= 15 is 0 Å². The number of aliphatic hydroxyl groups excluding tert-OH is 1. The highest BCUT2D eigenvalue weighted by molar-refractivity contribution is 5.41. The van der Waals surface area contributed by atoms with Crippen LogP contribution in [-0.4, -0.2) is 110 Å². The summed E-state index contributed by atoms with van der Waals surface area (Å²) in [6, 6.07) is -0.386. The minimum Gasteiger partial charge on any atom is -0.392 e. The highest BCUT2D eigenvalue weighted by atomic mass is 16.5.